The van der Waals surface area contributed by atoms with Crippen molar-refractivity contribution in [3.8, 4) is 0 Å². The minimum absolute atomic E-state index is 0.831. The Morgan fingerprint density at radius 1 is 1.19 bits per heavy atom. The normalized spacial score (nSPS) is 36.8. The highest BCUT2D eigenvalue weighted by Crippen LogP contribution is 2.22. The molecule has 0 amide bonds. The molecule has 3 unspecified atom stereocenters. The average Bonchev–Trinajstić information content (AvgIpc) is 2.76. The molecule has 2 rings (SSSR count). The summed E-state index contributed by atoms with van der Waals surface area (Å²) in [4.78, 5) is 2.72. The number of rotatable bonds is 4. The third kappa shape index (κ3) is 3.46. The number of piperidine rings is 1. The average molecular weight is 224 g/mol. The van der Waals surface area contributed by atoms with Gasteiger partial charge in [0.2, 0.25) is 0 Å². The van der Waals surface area contributed by atoms with Gasteiger partial charge < -0.3 is 10.2 Å². The first-order valence-electron chi connectivity index (χ1n) is 7.20. The lowest BCUT2D eigenvalue weighted by atomic mass is 9.94. The Hall–Kier alpha value is -0.0800. The second-order valence-electron chi connectivity index (χ2n) is 6.03. The summed E-state index contributed by atoms with van der Waals surface area (Å²) >= 11 is 0. The third-order valence-electron chi connectivity index (χ3n) is 4.47. The molecule has 3 atom stereocenters. The Bertz CT molecular complexity index is 199. The Labute approximate surface area is 101 Å². The van der Waals surface area contributed by atoms with E-state index in [-0.39, 0.29) is 0 Å². The van der Waals surface area contributed by atoms with Crippen LogP contribution in [0.1, 0.15) is 46.0 Å². The van der Waals surface area contributed by atoms with E-state index in [0.717, 1.165) is 17.9 Å². The van der Waals surface area contributed by atoms with E-state index < -0.39 is 0 Å². The van der Waals surface area contributed by atoms with Crippen LogP contribution in [0, 0.1) is 11.8 Å². The maximum absolute atomic E-state index is 3.46. The molecule has 0 aliphatic carbocycles. The Morgan fingerprint density at radius 2 is 2.06 bits per heavy atom. The predicted molar refractivity (Wildman–Crippen MR) is 69.6 cm³/mol. The molecular formula is C14H28N2. The number of nitrogens with one attached hydrogen (secondary N) is 1. The van der Waals surface area contributed by atoms with Crippen LogP contribution in [-0.2, 0) is 0 Å². The van der Waals surface area contributed by atoms with Crippen molar-refractivity contribution in [3.63, 3.8) is 0 Å². The highest BCUT2D eigenvalue weighted by Gasteiger charge is 2.22. The van der Waals surface area contributed by atoms with Gasteiger partial charge >= 0.3 is 0 Å². The van der Waals surface area contributed by atoms with Gasteiger partial charge in [-0.05, 0) is 70.5 Å². The smallest absolute Gasteiger partial charge is 0.00671 e. The van der Waals surface area contributed by atoms with Crippen LogP contribution >= 0.6 is 0 Å². The van der Waals surface area contributed by atoms with Gasteiger partial charge in [-0.3, -0.25) is 0 Å². The molecule has 2 nitrogen and oxygen atoms in total. The zero-order valence-electron chi connectivity index (χ0n) is 11.0. The Kier molecular flexibility index (Phi) is 4.66. The second kappa shape index (κ2) is 6.02. The molecule has 0 saturated carbocycles. The van der Waals surface area contributed by atoms with E-state index in [1.165, 1.54) is 58.3 Å². The summed E-state index contributed by atoms with van der Waals surface area (Å²) < 4.78 is 0. The number of hydrogen-bond acceptors (Lipinski definition) is 2. The predicted octanol–water partition coefficient (Wildman–Crippen LogP) is 2.50. The summed E-state index contributed by atoms with van der Waals surface area (Å²) in [5.41, 5.74) is 0. The van der Waals surface area contributed by atoms with E-state index in [9.17, 15) is 0 Å². The Morgan fingerprint density at radius 3 is 2.81 bits per heavy atom. The van der Waals surface area contributed by atoms with Gasteiger partial charge in [0.1, 0.15) is 0 Å². The molecule has 2 aliphatic heterocycles. The maximum Gasteiger partial charge on any atom is 0.00671 e. The molecule has 0 aromatic carbocycles. The van der Waals surface area contributed by atoms with Crippen LogP contribution in [0.15, 0.2) is 0 Å². The van der Waals surface area contributed by atoms with Crippen molar-refractivity contribution < 1.29 is 0 Å². The van der Waals surface area contributed by atoms with Crippen molar-refractivity contribution in [2.45, 2.75) is 52.0 Å². The molecule has 2 aliphatic rings. The van der Waals surface area contributed by atoms with Crippen LogP contribution in [0.4, 0.5) is 0 Å². The molecule has 0 aromatic heterocycles. The highest BCUT2D eigenvalue weighted by atomic mass is 15.2. The van der Waals surface area contributed by atoms with E-state index in [2.05, 4.69) is 24.1 Å². The lowest BCUT2D eigenvalue weighted by Gasteiger charge is -2.36. The van der Waals surface area contributed by atoms with Gasteiger partial charge in [0, 0.05) is 12.6 Å². The quantitative estimate of drug-likeness (QED) is 0.789. The van der Waals surface area contributed by atoms with Crippen molar-refractivity contribution in [1.82, 2.24) is 10.2 Å². The lowest BCUT2D eigenvalue weighted by Crippen LogP contribution is -2.41. The van der Waals surface area contributed by atoms with Gasteiger partial charge in [-0.1, -0.05) is 6.92 Å². The molecule has 0 radical (unpaired) electrons. The first kappa shape index (κ1) is 12.4. The molecule has 0 aromatic rings. The standard InChI is InChI=1S/C14H28N2/c1-12-5-6-13(2)16(11-12)9-3-4-14-7-8-15-10-14/h12-15H,3-11H2,1-2H3. The molecule has 0 spiro atoms. The summed E-state index contributed by atoms with van der Waals surface area (Å²) in [6.45, 7) is 10.0. The highest BCUT2D eigenvalue weighted by molar-refractivity contribution is 4.78. The summed E-state index contributed by atoms with van der Waals surface area (Å²) in [6, 6.07) is 0.831. The summed E-state index contributed by atoms with van der Waals surface area (Å²) in [7, 11) is 0. The molecule has 0 bridgehead atoms. The van der Waals surface area contributed by atoms with Gasteiger partial charge in [0.15, 0.2) is 0 Å². The van der Waals surface area contributed by atoms with Gasteiger partial charge in [-0.15, -0.1) is 0 Å². The summed E-state index contributed by atoms with van der Waals surface area (Å²) in [5.74, 6) is 1.89. The molecule has 94 valence electrons. The molecular weight excluding hydrogens is 196 g/mol. The van der Waals surface area contributed by atoms with E-state index >= 15 is 0 Å². The van der Waals surface area contributed by atoms with Crippen LogP contribution < -0.4 is 5.32 Å². The molecule has 2 heteroatoms. The first-order valence-corrected chi connectivity index (χ1v) is 7.20. The van der Waals surface area contributed by atoms with E-state index in [0.29, 0.717) is 0 Å². The fourth-order valence-corrected chi connectivity index (χ4v) is 3.24. The summed E-state index contributed by atoms with van der Waals surface area (Å²) in [6.07, 6.45) is 7.09. The third-order valence-corrected chi connectivity index (χ3v) is 4.47. The summed E-state index contributed by atoms with van der Waals surface area (Å²) in [5, 5.41) is 3.46. The SMILES string of the molecule is CC1CCC(C)N(CCCC2CCNC2)C1. The minimum Gasteiger partial charge on any atom is -0.316 e. The van der Waals surface area contributed by atoms with Gasteiger partial charge in [-0.25, -0.2) is 0 Å². The van der Waals surface area contributed by atoms with Crippen molar-refractivity contribution in [2.24, 2.45) is 11.8 Å². The zero-order valence-corrected chi connectivity index (χ0v) is 11.0. The topological polar surface area (TPSA) is 15.3 Å². The molecule has 2 fully saturated rings. The van der Waals surface area contributed by atoms with Crippen molar-refractivity contribution >= 4 is 0 Å². The van der Waals surface area contributed by atoms with Gasteiger partial charge in [0.25, 0.3) is 0 Å². The fraction of sp³-hybridized carbons (Fsp3) is 1.00. The molecule has 2 heterocycles. The lowest BCUT2D eigenvalue weighted by molar-refractivity contribution is 0.121. The largest absolute Gasteiger partial charge is 0.316 e. The van der Waals surface area contributed by atoms with Gasteiger partial charge in [-0.2, -0.15) is 0 Å². The van der Waals surface area contributed by atoms with Crippen molar-refractivity contribution in [3.05, 3.63) is 0 Å². The maximum atomic E-state index is 3.46. The number of likely N-dealkylation sites (tertiary alicyclic amines) is 1. The number of nitrogens with zero attached hydrogens (tertiary/aromatic N) is 1. The Balaban J connectivity index is 1.63. The second-order valence-corrected chi connectivity index (χ2v) is 6.03. The van der Waals surface area contributed by atoms with E-state index in [1.807, 2.05) is 0 Å². The number of hydrogen-bond donors (Lipinski definition) is 1. The monoisotopic (exact) mass is 224 g/mol. The van der Waals surface area contributed by atoms with Gasteiger partial charge in [0.05, 0.1) is 0 Å². The fourth-order valence-electron chi connectivity index (χ4n) is 3.24. The first-order chi connectivity index (χ1) is 7.75. The van der Waals surface area contributed by atoms with E-state index in [1.54, 1.807) is 0 Å². The van der Waals surface area contributed by atoms with Crippen molar-refractivity contribution in [1.29, 1.82) is 0 Å². The van der Waals surface area contributed by atoms with Crippen LogP contribution in [0.3, 0.4) is 0 Å². The van der Waals surface area contributed by atoms with E-state index in [4.69, 9.17) is 0 Å². The minimum atomic E-state index is 0.831. The van der Waals surface area contributed by atoms with Crippen LogP contribution in [0.5, 0.6) is 0 Å². The van der Waals surface area contributed by atoms with Crippen molar-refractivity contribution in [2.75, 3.05) is 26.2 Å². The molecule has 2 saturated heterocycles. The molecule has 1 N–H and O–H groups in total. The molecule has 16 heavy (non-hydrogen) atoms. The zero-order chi connectivity index (χ0) is 11.4. The van der Waals surface area contributed by atoms with Crippen LogP contribution in [0.2, 0.25) is 0 Å². The van der Waals surface area contributed by atoms with Crippen LogP contribution in [-0.4, -0.2) is 37.1 Å². The van der Waals surface area contributed by atoms with Crippen LogP contribution in [0.25, 0.3) is 0 Å².